The summed E-state index contributed by atoms with van der Waals surface area (Å²) >= 11 is 12.4. The highest BCUT2D eigenvalue weighted by Gasteiger charge is 2.35. The smallest absolute Gasteiger partial charge is 0.306 e. The molecule has 158 valence electrons. The standard InChI is InChI=1S/C17H30O7S3/c1-11(25)4-14(19)22-8-17(7-18,9-23-15(20)5-12(2)26)10-24-16(21)6-13(3)27/h11-13,18,25-27H,4-10H2,1-3H3. The molecular formula is C17H30O7S3. The number of aliphatic hydroxyl groups is 1. The predicted molar refractivity (Wildman–Crippen MR) is 112 cm³/mol. The summed E-state index contributed by atoms with van der Waals surface area (Å²) in [6, 6.07) is 0. The van der Waals surface area contributed by atoms with Gasteiger partial charge in [0.25, 0.3) is 0 Å². The van der Waals surface area contributed by atoms with Crippen LogP contribution in [0.1, 0.15) is 40.0 Å². The Morgan fingerprint density at radius 3 is 1.19 bits per heavy atom. The number of aliphatic hydroxyl groups excluding tert-OH is 1. The second-order valence-corrected chi connectivity index (χ2v) is 9.44. The van der Waals surface area contributed by atoms with Crippen molar-refractivity contribution in [1.82, 2.24) is 0 Å². The summed E-state index contributed by atoms with van der Waals surface area (Å²) in [4.78, 5) is 35.4. The molecule has 0 aromatic heterocycles. The molecule has 3 unspecified atom stereocenters. The minimum atomic E-state index is -1.25. The zero-order valence-corrected chi connectivity index (χ0v) is 18.6. The van der Waals surface area contributed by atoms with Crippen LogP contribution in [0.15, 0.2) is 0 Å². The number of esters is 3. The summed E-state index contributed by atoms with van der Waals surface area (Å²) in [5.41, 5.74) is -1.25. The SMILES string of the molecule is CC(S)CC(=O)OCC(CO)(COC(=O)CC(C)S)COC(=O)CC(C)S. The van der Waals surface area contributed by atoms with E-state index in [4.69, 9.17) is 14.2 Å². The summed E-state index contributed by atoms with van der Waals surface area (Å²) in [6.45, 7) is 3.91. The number of thiol groups is 3. The van der Waals surface area contributed by atoms with Crippen molar-refractivity contribution in [2.75, 3.05) is 26.4 Å². The highest BCUT2D eigenvalue weighted by Crippen LogP contribution is 2.21. The van der Waals surface area contributed by atoms with Crippen molar-refractivity contribution in [1.29, 1.82) is 0 Å². The quantitative estimate of drug-likeness (QED) is 0.196. The van der Waals surface area contributed by atoms with Crippen molar-refractivity contribution in [2.45, 2.75) is 55.8 Å². The lowest BCUT2D eigenvalue weighted by molar-refractivity contribution is -0.165. The van der Waals surface area contributed by atoms with Crippen LogP contribution in [0.2, 0.25) is 0 Å². The molecule has 0 rings (SSSR count). The molecule has 0 saturated heterocycles. The minimum Gasteiger partial charge on any atom is -0.465 e. The molecule has 0 aliphatic heterocycles. The predicted octanol–water partition coefficient (Wildman–Crippen LogP) is 1.72. The van der Waals surface area contributed by atoms with E-state index in [1.54, 1.807) is 20.8 Å². The van der Waals surface area contributed by atoms with Crippen LogP contribution < -0.4 is 0 Å². The molecule has 0 aromatic carbocycles. The molecule has 0 bridgehead atoms. The summed E-state index contributed by atoms with van der Waals surface area (Å²) in [5.74, 6) is -1.54. The lowest BCUT2D eigenvalue weighted by atomic mass is 9.92. The van der Waals surface area contributed by atoms with Gasteiger partial charge in [0.15, 0.2) is 0 Å². The van der Waals surface area contributed by atoms with E-state index < -0.39 is 29.9 Å². The third kappa shape index (κ3) is 13.3. The normalized spacial score (nSPS) is 16.6. The Balaban J connectivity index is 4.97. The van der Waals surface area contributed by atoms with E-state index in [2.05, 4.69) is 37.9 Å². The Bertz CT molecular complexity index is 417. The van der Waals surface area contributed by atoms with Crippen LogP contribution in [0.5, 0.6) is 0 Å². The van der Waals surface area contributed by atoms with Crippen molar-refractivity contribution in [3.05, 3.63) is 0 Å². The maximum absolute atomic E-state index is 11.8. The van der Waals surface area contributed by atoms with E-state index in [1.807, 2.05) is 0 Å². The molecule has 0 spiro atoms. The number of rotatable bonds is 13. The Hall–Kier alpha value is -0.580. The molecule has 0 aliphatic rings. The van der Waals surface area contributed by atoms with E-state index in [-0.39, 0.29) is 54.8 Å². The summed E-state index contributed by atoms with van der Waals surface area (Å²) in [7, 11) is 0. The average molecular weight is 443 g/mol. The lowest BCUT2D eigenvalue weighted by Crippen LogP contribution is -2.43. The van der Waals surface area contributed by atoms with Crippen molar-refractivity contribution in [2.24, 2.45) is 5.41 Å². The van der Waals surface area contributed by atoms with Crippen molar-refractivity contribution in [3.63, 3.8) is 0 Å². The van der Waals surface area contributed by atoms with Gasteiger partial charge in [-0.1, -0.05) is 20.8 Å². The molecule has 7 nitrogen and oxygen atoms in total. The number of carbonyl (C=O) groups is 3. The van der Waals surface area contributed by atoms with Gasteiger partial charge in [0.1, 0.15) is 19.8 Å². The third-order valence-corrected chi connectivity index (χ3v) is 3.89. The van der Waals surface area contributed by atoms with Gasteiger partial charge >= 0.3 is 17.9 Å². The molecule has 0 saturated carbocycles. The summed E-state index contributed by atoms with van der Waals surface area (Å²) in [6.07, 6.45) is 0.246. The molecular weight excluding hydrogens is 412 g/mol. The maximum atomic E-state index is 11.8. The molecule has 10 heteroatoms. The molecule has 0 radical (unpaired) electrons. The molecule has 0 fully saturated rings. The van der Waals surface area contributed by atoms with Crippen LogP contribution in [0, 0.1) is 5.41 Å². The van der Waals surface area contributed by atoms with E-state index in [9.17, 15) is 19.5 Å². The number of ether oxygens (including phenoxy) is 3. The minimum absolute atomic E-state index is 0.0819. The van der Waals surface area contributed by atoms with Crippen molar-refractivity contribution >= 4 is 55.8 Å². The molecule has 27 heavy (non-hydrogen) atoms. The fourth-order valence-corrected chi connectivity index (χ4v) is 2.31. The highest BCUT2D eigenvalue weighted by molar-refractivity contribution is 7.81. The van der Waals surface area contributed by atoms with Gasteiger partial charge in [-0.15, -0.1) is 0 Å². The van der Waals surface area contributed by atoms with E-state index in [1.165, 1.54) is 0 Å². The second kappa shape index (κ2) is 13.6. The maximum Gasteiger partial charge on any atom is 0.306 e. The van der Waals surface area contributed by atoms with E-state index in [0.29, 0.717) is 0 Å². The first-order valence-corrected chi connectivity index (χ1v) is 10.2. The van der Waals surface area contributed by atoms with E-state index in [0.717, 1.165) is 0 Å². The van der Waals surface area contributed by atoms with Gasteiger partial charge in [0.2, 0.25) is 0 Å². The fraction of sp³-hybridized carbons (Fsp3) is 0.824. The fourth-order valence-electron chi connectivity index (χ4n) is 1.86. The highest BCUT2D eigenvalue weighted by atomic mass is 32.1. The molecule has 0 heterocycles. The van der Waals surface area contributed by atoms with Gasteiger partial charge in [-0.2, -0.15) is 37.9 Å². The lowest BCUT2D eigenvalue weighted by Gasteiger charge is -2.30. The van der Waals surface area contributed by atoms with Gasteiger partial charge < -0.3 is 19.3 Å². The molecule has 0 aliphatic carbocycles. The van der Waals surface area contributed by atoms with Gasteiger partial charge in [-0.05, 0) is 0 Å². The Kier molecular flexibility index (Phi) is 13.3. The zero-order chi connectivity index (χ0) is 21.0. The first-order chi connectivity index (χ1) is 12.5. The first-order valence-electron chi connectivity index (χ1n) is 8.61. The van der Waals surface area contributed by atoms with Crippen molar-refractivity contribution < 1.29 is 33.7 Å². The number of carbonyl (C=O) groups excluding carboxylic acids is 3. The largest absolute Gasteiger partial charge is 0.465 e. The second-order valence-electron chi connectivity index (χ2n) is 6.80. The van der Waals surface area contributed by atoms with Gasteiger partial charge in [-0.25, -0.2) is 0 Å². The van der Waals surface area contributed by atoms with Crippen LogP contribution >= 0.6 is 37.9 Å². The summed E-state index contributed by atoms with van der Waals surface area (Å²) in [5, 5.41) is 9.27. The Morgan fingerprint density at radius 1 is 0.741 bits per heavy atom. The molecule has 0 amide bonds. The Labute approximate surface area is 177 Å². The average Bonchev–Trinajstić information content (AvgIpc) is 2.52. The first kappa shape index (κ1) is 26.4. The zero-order valence-electron chi connectivity index (χ0n) is 15.9. The monoisotopic (exact) mass is 442 g/mol. The Morgan fingerprint density at radius 2 is 1.00 bits per heavy atom. The van der Waals surface area contributed by atoms with Crippen LogP contribution in [0.25, 0.3) is 0 Å². The topological polar surface area (TPSA) is 99.1 Å². The van der Waals surface area contributed by atoms with Gasteiger partial charge in [0, 0.05) is 15.7 Å². The number of hydrogen-bond acceptors (Lipinski definition) is 10. The number of hydrogen-bond donors (Lipinski definition) is 4. The van der Waals surface area contributed by atoms with Crippen molar-refractivity contribution in [3.8, 4) is 0 Å². The molecule has 1 N–H and O–H groups in total. The van der Waals surface area contributed by atoms with Gasteiger partial charge in [-0.3, -0.25) is 14.4 Å². The molecule has 3 atom stereocenters. The van der Waals surface area contributed by atoms with Crippen LogP contribution in [-0.2, 0) is 28.6 Å². The van der Waals surface area contributed by atoms with Crippen LogP contribution in [0.4, 0.5) is 0 Å². The van der Waals surface area contributed by atoms with Crippen LogP contribution in [-0.4, -0.2) is 65.2 Å². The third-order valence-electron chi connectivity index (χ3n) is 3.34. The van der Waals surface area contributed by atoms with Crippen LogP contribution in [0.3, 0.4) is 0 Å². The van der Waals surface area contributed by atoms with E-state index >= 15 is 0 Å². The summed E-state index contributed by atoms with van der Waals surface area (Å²) < 4.78 is 15.5. The van der Waals surface area contributed by atoms with Gasteiger partial charge in [0.05, 0.1) is 31.3 Å². The molecule has 0 aromatic rings.